The highest BCUT2D eigenvalue weighted by atomic mass is 17.1. The maximum atomic E-state index is 10.3. The highest BCUT2D eigenvalue weighted by molar-refractivity contribution is 5.66. The number of hydrogen-bond acceptors (Lipinski definition) is 3. The van der Waals surface area contributed by atoms with Crippen LogP contribution in [0.15, 0.2) is 48.6 Å². The molecule has 0 aliphatic carbocycles. The number of carbonyl (C=O) groups is 1. The molecule has 0 radical (unpaired) electrons. The Balaban J connectivity index is 3.79. The van der Waals surface area contributed by atoms with Gasteiger partial charge in [-0.2, -0.15) is 0 Å². The Morgan fingerprint density at radius 1 is 1.00 bits per heavy atom. The van der Waals surface area contributed by atoms with Gasteiger partial charge in [-0.15, -0.1) is 0 Å². The van der Waals surface area contributed by atoms with Crippen molar-refractivity contribution in [1.82, 2.24) is 0 Å². The first kappa shape index (κ1) is 22.4. The third-order valence-electron chi connectivity index (χ3n) is 3.42. The van der Waals surface area contributed by atoms with Gasteiger partial charge in [0.2, 0.25) is 0 Å². The molecular formula is C20H32O4. The number of unbranched alkanes of at least 4 members (excludes halogenated alkanes) is 4. The molecule has 0 aromatic rings. The molecule has 0 bridgehead atoms. The van der Waals surface area contributed by atoms with Gasteiger partial charge in [0.1, 0.15) is 6.10 Å². The first-order valence-electron chi connectivity index (χ1n) is 8.86. The molecule has 0 heterocycles. The molecule has 0 saturated heterocycles. The Bertz CT molecular complexity index is 408. The zero-order valence-corrected chi connectivity index (χ0v) is 14.8. The Morgan fingerprint density at radius 2 is 1.75 bits per heavy atom. The zero-order chi connectivity index (χ0) is 17.9. The van der Waals surface area contributed by atoms with Crippen molar-refractivity contribution in [3.63, 3.8) is 0 Å². The largest absolute Gasteiger partial charge is 0.481 e. The smallest absolute Gasteiger partial charge is 0.303 e. The molecule has 24 heavy (non-hydrogen) atoms. The normalized spacial score (nSPS) is 13.8. The van der Waals surface area contributed by atoms with Crippen molar-refractivity contribution in [2.75, 3.05) is 0 Å². The Kier molecular flexibility index (Phi) is 16.5. The first-order chi connectivity index (χ1) is 11.7. The summed E-state index contributed by atoms with van der Waals surface area (Å²) in [7, 11) is 0. The van der Waals surface area contributed by atoms with Gasteiger partial charge in [0, 0.05) is 6.42 Å². The number of carboxylic acid groups (broad SMARTS) is 1. The van der Waals surface area contributed by atoms with Crippen molar-refractivity contribution in [1.29, 1.82) is 0 Å². The lowest BCUT2D eigenvalue weighted by Gasteiger charge is -2.04. The van der Waals surface area contributed by atoms with E-state index in [4.69, 9.17) is 10.4 Å². The van der Waals surface area contributed by atoms with Crippen LogP contribution in [0, 0.1) is 0 Å². The number of rotatable bonds is 15. The topological polar surface area (TPSA) is 66.8 Å². The van der Waals surface area contributed by atoms with Crippen LogP contribution in [-0.4, -0.2) is 22.4 Å². The average molecular weight is 336 g/mol. The molecule has 4 nitrogen and oxygen atoms in total. The van der Waals surface area contributed by atoms with Crippen molar-refractivity contribution in [3.8, 4) is 0 Å². The fourth-order valence-corrected chi connectivity index (χ4v) is 2.03. The van der Waals surface area contributed by atoms with Crippen molar-refractivity contribution in [2.45, 2.75) is 70.8 Å². The Morgan fingerprint density at radius 3 is 2.46 bits per heavy atom. The summed E-state index contributed by atoms with van der Waals surface area (Å²) < 4.78 is 0. The van der Waals surface area contributed by atoms with Gasteiger partial charge in [0.05, 0.1) is 0 Å². The van der Waals surface area contributed by atoms with E-state index in [0.717, 1.165) is 19.3 Å². The predicted octanol–water partition coefficient (Wildman–Crippen LogP) is 5.68. The van der Waals surface area contributed by atoms with Crippen molar-refractivity contribution < 1.29 is 20.0 Å². The van der Waals surface area contributed by atoms with Crippen molar-refractivity contribution in [3.05, 3.63) is 48.6 Å². The van der Waals surface area contributed by atoms with E-state index in [0.29, 0.717) is 12.8 Å². The third kappa shape index (κ3) is 16.7. The summed E-state index contributed by atoms with van der Waals surface area (Å²) in [6.07, 6.45) is 23.4. The minimum absolute atomic E-state index is 0.221. The molecule has 2 N–H and O–H groups in total. The fraction of sp³-hybridized carbons (Fsp3) is 0.550. The second-order valence-corrected chi connectivity index (χ2v) is 5.65. The lowest BCUT2D eigenvalue weighted by molar-refractivity contribution is -0.264. The molecule has 0 rings (SSSR count). The summed E-state index contributed by atoms with van der Waals surface area (Å²) in [4.78, 5) is 14.8. The molecule has 0 saturated carbocycles. The van der Waals surface area contributed by atoms with Crippen LogP contribution in [-0.2, 0) is 9.68 Å². The van der Waals surface area contributed by atoms with E-state index < -0.39 is 5.97 Å². The summed E-state index contributed by atoms with van der Waals surface area (Å²) in [5.74, 6) is -0.745. The lowest BCUT2D eigenvalue weighted by atomic mass is 10.1. The molecule has 0 fully saturated rings. The molecule has 0 aliphatic rings. The minimum Gasteiger partial charge on any atom is -0.481 e. The van der Waals surface area contributed by atoms with Crippen molar-refractivity contribution in [2.24, 2.45) is 0 Å². The van der Waals surface area contributed by atoms with E-state index in [-0.39, 0.29) is 12.5 Å². The highest BCUT2D eigenvalue weighted by Gasteiger charge is 1.99. The van der Waals surface area contributed by atoms with Crippen LogP contribution >= 0.6 is 0 Å². The SMILES string of the molecule is CCCCC/C=C/C[C@@H](/C=C/C=C/C/C=C\CCCC(=O)O)OO. The van der Waals surface area contributed by atoms with E-state index in [9.17, 15) is 4.79 Å². The van der Waals surface area contributed by atoms with Gasteiger partial charge in [-0.25, -0.2) is 4.89 Å². The standard InChI is InChI=1S/C20H32O4/c1-2-3-4-5-10-13-16-19(24-23)17-14-11-8-6-7-9-12-15-18-20(21)22/h7-11,13-14,17,19,23H,2-6,12,15-16,18H2,1H3,(H,21,22)/b9-7-,11-8+,13-10+,17-14+/t19-/m0/s1. The highest BCUT2D eigenvalue weighted by Crippen LogP contribution is 2.04. The minimum atomic E-state index is -0.745. The van der Waals surface area contributed by atoms with Crippen LogP contribution in [0.5, 0.6) is 0 Å². The zero-order valence-electron chi connectivity index (χ0n) is 14.8. The maximum Gasteiger partial charge on any atom is 0.303 e. The van der Waals surface area contributed by atoms with Gasteiger partial charge in [-0.1, -0.05) is 68.4 Å². The quantitative estimate of drug-likeness (QED) is 0.133. The molecule has 136 valence electrons. The second-order valence-electron chi connectivity index (χ2n) is 5.65. The van der Waals surface area contributed by atoms with Crippen LogP contribution < -0.4 is 0 Å². The number of carboxylic acids is 1. The van der Waals surface area contributed by atoms with E-state index in [1.165, 1.54) is 19.3 Å². The lowest BCUT2D eigenvalue weighted by Crippen LogP contribution is -2.04. The summed E-state index contributed by atoms with van der Waals surface area (Å²) in [6, 6.07) is 0. The van der Waals surface area contributed by atoms with Crippen LogP contribution in [0.4, 0.5) is 0 Å². The van der Waals surface area contributed by atoms with Gasteiger partial charge < -0.3 is 5.11 Å². The number of allylic oxidation sites excluding steroid dienone is 6. The Labute approximate surface area is 146 Å². The van der Waals surface area contributed by atoms with E-state index in [2.05, 4.69) is 17.9 Å². The van der Waals surface area contributed by atoms with Gasteiger partial charge in [-0.3, -0.25) is 10.1 Å². The monoisotopic (exact) mass is 336 g/mol. The average Bonchev–Trinajstić information content (AvgIpc) is 2.57. The molecule has 0 spiro atoms. The second kappa shape index (κ2) is 17.7. The molecule has 0 aromatic heterocycles. The molecule has 0 unspecified atom stereocenters. The molecule has 0 aromatic carbocycles. The molecule has 0 aliphatic heterocycles. The van der Waals surface area contributed by atoms with E-state index in [1.807, 2.05) is 42.5 Å². The molecule has 4 heteroatoms. The van der Waals surface area contributed by atoms with E-state index in [1.54, 1.807) is 0 Å². The van der Waals surface area contributed by atoms with Gasteiger partial charge >= 0.3 is 5.97 Å². The van der Waals surface area contributed by atoms with Crippen LogP contribution in [0.2, 0.25) is 0 Å². The third-order valence-corrected chi connectivity index (χ3v) is 3.42. The Hall–Kier alpha value is -1.65. The predicted molar refractivity (Wildman–Crippen MR) is 98.9 cm³/mol. The van der Waals surface area contributed by atoms with Gasteiger partial charge in [0.25, 0.3) is 0 Å². The first-order valence-corrected chi connectivity index (χ1v) is 8.86. The molecule has 1 atom stereocenters. The van der Waals surface area contributed by atoms with Crippen molar-refractivity contribution >= 4 is 5.97 Å². The number of aliphatic carboxylic acids is 1. The molecule has 0 amide bonds. The summed E-state index contributed by atoms with van der Waals surface area (Å²) in [6.45, 7) is 2.19. The summed E-state index contributed by atoms with van der Waals surface area (Å²) in [5.41, 5.74) is 0. The fourth-order valence-electron chi connectivity index (χ4n) is 2.03. The van der Waals surface area contributed by atoms with Crippen LogP contribution in [0.1, 0.15) is 64.7 Å². The van der Waals surface area contributed by atoms with Crippen LogP contribution in [0.3, 0.4) is 0 Å². The summed E-state index contributed by atoms with van der Waals surface area (Å²) in [5, 5.41) is 17.4. The molecular weight excluding hydrogens is 304 g/mol. The summed E-state index contributed by atoms with van der Waals surface area (Å²) >= 11 is 0. The van der Waals surface area contributed by atoms with Crippen LogP contribution in [0.25, 0.3) is 0 Å². The van der Waals surface area contributed by atoms with Gasteiger partial charge in [-0.05, 0) is 38.5 Å². The number of hydrogen-bond donors (Lipinski definition) is 2. The van der Waals surface area contributed by atoms with E-state index >= 15 is 0 Å². The maximum absolute atomic E-state index is 10.3. The van der Waals surface area contributed by atoms with Gasteiger partial charge in [0.15, 0.2) is 0 Å².